The molecule has 0 amide bonds. The van der Waals surface area contributed by atoms with Gasteiger partial charge in [0.1, 0.15) is 8.07 Å². The minimum Gasteiger partial charge on any atom is -0.362 e. The fourth-order valence-corrected chi connectivity index (χ4v) is 11.4. The predicted molar refractivity (Wildman–Crippen MR) is 93.7 cm³/mol. The van der Waals surface area contributed by atoms with Crippen LogP contribution in [0.15, 0.2) is 24.3 Å². The number of benzene rings is 1. The molecule has 2 heteroatoms. The highest BCUT2D eigenvalue weighted by Gasteiger charge is 2.46. The van der Waals surface area contributed by atoms with E-state index in [0.29, 0.717) is 0 Å². The summed E-state index contributed by atoms with van der Waals surface area (Å²) in [4.78, 5) is 3.81. The van der Waals surface area contributed by atoms with E-state index >= 15 is 0 Å². The third-order valence-corrected chi connectivity index (χ3v) is 12.4. The van der Waals surface area contributed by atoms with E-state index in [1.165, 1.54) is 16.5 Å². The van der Waals surface area contributed by atoms with E-state index in [9.17, 15) is 0 Å². The maximum absolute atomic E-state index is 3.81. The summed E-state index contributed by atoms with van der Waals surface area (Å²) in [6.07, 6.45) is 0. The van der Waals surface area contributed by atoms with Crippen LogP contribution in [0, 0.1) is 6.92 Å². The van der Waals surface area contributed by atoms with Gasteiger partial charge in [-0.25, -0.2) is 0 Å². The zero-order valence-electron chi connectivity index (χ0n) is 14.0. The number of hydrogen-bond donors (Lipinski definition) is 1. The van der Waals surface area contributed by atoms with Crippen LogP contribution < -0.4 is 5.32 Å². The monoisotopic (exact) mass is 287 g/mol. The fraction of sp³-hybridized carbons (Fsp3) is 0.556. The third-order valence-electron chi connectivity index (χ3n) is 5.26. The van der Waals surface area contributed by atoms with E-state index in [-0.39, 0.29) is 0 Å². The Morgan fingerprint density at radius 3 is 1.80 bits per heavy atom. The van der Waals surface area contributed by atoms with Gasteiger partial charge in [-0.2, -0.15) is 0 Å². The van der Waals surface area contributed by atoms with Gasteiger partial charge >= 0.3 is 0 Å². The number of aromatic amines is 1. The van der Waals surface area contributed by atoms with Gasteiger partial charge in [-0.05, 0) is 35.2 Å². The maximum atomic E-state index is 3.81. The number of para-hydroxylation sites is 1. The van der Waals surface area contributed by atoms with Crippen molar-refractivity contribution in [3.05, 3.63) is 29.8 Å². The van der Waals surface area contributed by atoms with Crippen LogP contribution in [0.3, 0.4) is 0 Å². The maximum Gasteiger partial charge on any atom is 0.115 e. The van der Waals surface area contributed by atoms with E-state index in [4.69, 9.17) is 0 Å². The molecule has 0 aliphatic heterocycles. The summed E-state index contributed by atoms with van der Waals surface area (Å²) in [5.74, 6) is 0. The van der Waals surface area contributed by atoms with E-state index in [1.807, 2.05) is 0 Å². The summed E-state index contributed by atoms with van der Waals surface area (Å²) < 4.78 is 0. The zero-order chi connectivity index (χ0) is 15.1. The average molecular weight is 288 g/mol. The molecule has 2 rings (SSSR count). The predicted octanol–water partition coefficient (Wildman–Crippen LogP) is 5.36. The third kappa shape index (κ3) is 2.05. The summed E-state index contributed by atoms with van der Waals surface area (Å²) in [7, 11) is -1.59. The topological polar surface area (TPSA) is 15.8 Å². The Kier molecular flexibility index (Phi) is 4.15. The minimum atomic E-state index is -1.59. The van der Waals surface area contributed by atoms with Crippen molar-refractivity contribution in [1.29, 1.82) is 0 Å². The molecule has 0 saturated carbocycles. The first-order valence-electron chi connectivity index (χ1n) is 7.91. The molecule has 0 unspecified atom stereocenters. The molecule has 0 aliphatic carbocycles. The number of hydrogen-bond acceptors (Lipinski definition) is 0. The number of aromatic nitrogens is 1. The highest BCUT2D eigenvalue weighted by molar-refractivity contribution is 6.95. The number of nitrogens with one attached hydrogen (secondary N) is 1. The summed E-state index contributed by atoms with van der Waals surface area (Å²) in [6, 6.07) is 8.75. The molecule has 0 fully saturated rings. The Hall–Kier alpha value is -1.02. The molecule has 1 N–H and O–H groups in total. The van der Waals surface area contributed by atoms with Crippen LogP contribution in [0.2, 0.25) is 16.6 Å². The Labute approximate surface area is 124 Å². The Morgan fingerprint density at radius 2 is 1.35 bits per heavy atom. The quantitative estimate of drug-likeness (QED) is 0.728. The van der Waals surface area contributed by atoms with Gasteiger partial charge in [-0.3, -0.25) is 0 Å². The van der Waals surface area contributed by atoms with Crippen LogP contribution in [-0.4, -0.2) is 13.1 Å². The smallest absolute Gasteiger partial charge is 0.115 e. The first-order valence-corrected chi connectivity index (χ1v) is 10.1. The number of rotatable bonds is 4. The van der Waals surface area contributed by atoms with Crippen LogP contribution in [-0.2, 0) is 0 Å². The first kappa shape index (κ1) is 15.4. The number of aryl methyl sites for hydroxylation is 1. The SMILES string of the molecule is Cc1c([Si](C(C)C)(C(C)C)C(C)C)[nH]c2ccccc12. The van der Waals surface area contributed by atoms with Gasteiger partial charge in [-0.1, -0.05) is 59.7 Å². The van der Waals surface area contributed by atoms with Crippen molar-refractivity contribution in [3.63, 3.8) is 0 Å². The van der Waals surface area contributed by atoms with Crippen molar-refractivity contribution >= 4 is 24.3 Å². The molecule has 1 heterocycles. The molecule has 0 bridgehead atoms. The van der Waals surface area contributed by atoms with Crippen LogP contribution >= 0.6 is 0 Å². The van der Waals surface area contributed by atoms with Gasteiger partial charge in [0.05, 0.1) is 0 Å². The lowest BCUT2D eigenvalue weighted by atomic mass is 10.2. The first-order chi connectivity index (χ1) is 9.33. The zero-order valence-corrected chi connectivity index (χ0v) is 15.0. The highest BCUT2D eigenvalue weighted by atomic mass is 28.3. The molecule has 1 aromatic heterocycles. The molecule has 0 atom stereocenters. The second-order valence-corrected chi connectivity index (χ2v) is 12.9. The van der Waals surface area contributed by atoms with E-state index in [0.717, 1.165) is 16.6 Å². The van der Waals surface area contributed by atoms with Gasteiger partial charge in [0.2, 0.25) is 0 Å². The van der Waals surface area contributed by atoms with Crippen molar-refractivity contribution < 1.29 is 0 Å². The van der Waals surface area contributed by atoms with Crippen LogP contribution in [0.4, 0.5) is 0 Å². The van der Waals surface area contributed by atoms with Gasteiger partial charge in [0, 0.05) is 16.2 Å². The molecule has 1 nitrogen and oxygen atoms in total. The molecule has 0 radical (unpaired) electrons. The molecular weight excluding hydrogens is 258 g/mol. The largest absolute Gasteiger partial charge is 0.362 e. The van der Waals surface area contributed by atoms with Gasteiger partial charge in [0.15, 0.2) is 0 Å². The Morgan fingerprint density at radius 1 is 0.850 bits per heavy atom. The fourth-order valence-electron chi connectivity index (χ4n) is 4.58. The Bertz CT molecular complexity index is 571. The van der Waals surface area contributed by atoms with Crippen molar-refractivity contribution in [2.75, 3.05) is 0 Å². The number of fused-ring (bicyclic) bond motifs is 1. The highest BCUT2D eigenvalue weighted by Crippen LogP contribution is 2.42. The number of H-pyrrole nitrogens is 1. The molecule has 1 aromatic carbocycles. The van der Waals surface area contributed by atoms with E-state index in [2.05, 4.69) is 77.7 Å². The van der Waals surface area contributed by atoms with E-state index in [1.54, 1.807) is 5.32 Å². The van der Waals surface area contributed by atoms with Crippen molar-refractivity contribution in [2.45, 2.75) is 65.1 Å². The summed E-state index contributed by atoms with van der Waals surface area (Å²) in [5, 5.41) is 2.99. The normalized spacial score (nSPS) is 13.1. The lowest BCUT2D eigenvalue weighted by Crippen LogP contribution is -2.57. The van der Waals surface area contributed by atoms with Crippen molar-refractivity contribution in [2.24, 2.45) is 0 Å². The molecule has 0 saturated heterocycles. The molecule has 110 valence electrons. The average Bonchev–Trinajstić information content (AvgIpc) is 2.67. The van der Waals surface area contributed by atoms with Crippen LogP contribution in [0.5, 0.6) is 0 Å². The van der Waals surface area contributed by atoms with Crippen LogP contribution in [0.25, 0.3) is 10.9 Å². The summed E-state index contributed by atoms with van der Waals surface area (Å²) in [5.41, 5.74) is 5.03. The molecule has 20 heavy (non-hydrogen) atoms. The summed E-state index contributed by atoms with van der Waals surface area (Å²) in [6.45, 7) is 16.9. The minimum absolute atomic E-state index is 0.745. The standard InChI is InChI=1S/C18H29NSi/c1-12(2)20(13(3)4,14(5)6)18-15(7)16-10-8-9-11-17(16)19-18/h8-14,19H,1-7H3. The second kappa shape index (κ2) is 5.40. The van der Waals surface area contributed by atoms with Gasteiger partial charge in [0.25, 0.3) is 0 Å². The van der Waals surface area contributed by atoms with Crippen LogP contribution in [0.1, 0.15) is 47.1 Å². The van der Waals surface area contributed by atoms with Crippen molar-refractivity contribution in [3.8, 4) is 0 Å². The van der Waals surface area contributed by atoms with Gasteiger partial charge < -0.3 is 4.98 Å². The molecule has 0 aliphatic rings. The molecular formula is C18H29NSi. The van der Waals surface area contributed by atoms with E-state index < -0.39 is 8.07 Å². The lowest BCUT2D eigenvalue weighted by molar-refractivity contribution is 0.831. The summed E-state index contributed by atoms with van der Waals surface area (Å²) >= 11 is 0. The lowest BCUT2D eigenvalue weighted by Gasteiger charge is -2.43. The molecule has 2 aromatic rings. The Balaban J connectivity index is 2.78. The van der Waals surface area contributed by atoms with Crippen molar-refractivity contribution in [1.82, 2.24) is 4.98 Å². The second-order valence-electron chi connectivity index (χ2n) is 7.07. The molecule has 0 spiro atoms. The van der Waals surface area contributed by atoms with Gasteiger partial charge in [-0.15, -0.1) is 0 Å².